The van der Waals surface area contributed by atoms with Crippen molar-refractivity contribution in [3.05, 3.63) is 11.6 Å². The van der Waals surface area contributed by atoms with Crippen molar-refractivity contribution in [3.8, 4) is 0 Å². The van der Waals surface area contributed by atoms with Crippen LogP contribution in [-0.4, -0.2) is 64.9 Å². The van der Waals surface area contributed by atoms with Gasteiger partial charge in [-0.25, -0.2) is 4.98 Å². The van der Waals surface area contributed by atoms with Gasteiger partial charge in [-0.1, -0.05) is 13.8 Å². The van der Waals surface area contributed by atoms with Gasteiger partial charge in [-0.3, -0.25) is 14.8 Å². The van der Waals surface area contributed by atoms with Crippen molar-refractivity contribution in [3.63, 3.8) is 0 Å². The third-order valence-corrected chi connectivity index (χ3v) is 3.23. The van der Waals surface area contributed by atoms with E-state index in [4.69, 9.17) is 4.74 Å². The second-order valence-electron chi connectivity index (χ2n) is 4.56. The molecule has 0 spiro atoms. The van der Waals surface area contributed by atoms with Crippen LogP contribution < -0.4 is 5.32 Å². The molecule has 1 fully saturated rings. The summed E-state index contributed by atoms with van der Waals surface area (Å²) >= 11 is 0. The summed E-state index contributed by atoms with van der Waals surface area (Å²) in [4.78, 5) is 18.2. The highest BCUT2D eigenvalue weighted by Crippen LogP contribution is 2.04. The number of likely N-dealkylation sites (N-methyl/N-ethyl adjacent to an activating group) is 1. The second-order valence-corrected chi connectivity index (χ2v) is 4.56. The normalized spacial score (nSPS) is 20.4. The van der Waals surface area contributed by atoms with Crippen molar-refractivity contribution in [2.45, 2.75) is 26.4 Å². The Morgan fingerprint density at radius 3 is 3.11 bits per heavy atom. The van der Waals surface area contributed by atoms with Gasteiger partial charge in [0.05, 0.1) is 12.7 Å². The van der Waals surface area contributed by atoms with Gasteiger partial charge in [0.25, 0.3) is 5.91 Å². The predicted octanol–water partition coefficient (Wildman–Crippen LogP) is -0.182. The Morgan fingerprint density at radius 1 is 1.58 bits per heavy atom. The lowest BCUT2D eigenvalue weighted by Crippen LogP contribution is -2.47. The van der Waals surface area contributed by atoms with Gasteiger partial charge in [0, 0.05) is 26.1 Å². The molecule has 0 bridgehead atoms. The van der Waals surface area contributed by atoms with Gasteiger partial charge in [-0.05, 0) is 6.54 Å². The number of carbonyl (C=O) groups is 1. The molecule has 1 atom stereocenters. The fraction of sp³-hybridized carbons (Fsp3) is 0.750. The number of morpholine rings is 1. The lowest BCUT2D eigenvalue weighted by Gasteiger charge is -2.31. The number of rotatable bonds is 5. The Kier molecular flexibility index (Phi) is 4.86. The smallest absolute Gasteiger partial charge is 0.291 e. The minimum absolute atomic E-state index is 0.0437. The third-order valence-electron chi connectivity index (χ3n) is 3.23. The van der Waals surface area contributed by atoms with Gasteiger partial charge in [-0.15, -0.1) is 5.10 Å². The van der Waals surface area contributed by atoms with E-state index < -0.39 is 0 Å². The number of carbonyl (C=O) groups excluding carboxylic acids is 1. The van der Waals surface area contributed by atoms with Gasteiger partial charge in [0.2, 0.25) is 5.82 Å². The Labute approximate surface area is 112 Å². The minimum Gasteiger partial charge on any atom is -0.374 e. The average Bonchev–Trinajstić information content (AvgIpc) is 2.94. The van der Waals surface area contributed by atoms with Crippen LogP contribution in [0.15, 0.2) is 0 Å². The van der Waals surface area contributed by atoms with E-state index in [1.165, 1.54) is 0 Å². The molecule has 2 N–H and O–H groups in total. The van der Waals surface area contributed by atoms with E-state index in [0.717, 1.165) is 38.5 Å². The maximum absolute atomic E-state index is 11.8. The number of nitrogens with one attached hydrogen (secondary N) is 2. The largest absolute Gasteiger partial charge is 0.374 e. The maximum atomic E-state index is 11.8. The number of amides is 1. The van der Waals surface area contributed by atoms with Gasteiger partial charge in [0.1, 0.15) is 5.82 Å². The van der Waals surface area contributed by atoms with E-state index in [9.17, 15) is 4.79 Å². The fourth-order valence-electron chi connectivity index (χ4n) is 2.03. The molecule has 0 aromatic carbocycles. The first-order valence-corrected chi connectivity index (χ1v) is 6.76. The summed E-state index contributed by atoms with van der Waals surface area (Å²) in [5.74, 6) is 0.657. The second kappa shape index (κ2) is 6.63. The van der Waals surface area contributed by atoms with Crippen molar-refractivity contribution < 1.29 is 9.53 Å². The van der Waals surface area contributed by atoms with Crippen molar-refractivity contribution >= 4 is 5.91 Å². The van der Waals surface area contributed by atoms with Crippen molar-refractivity contribution in [1.82, 2.24) is 25.4 Å². The predicted molar refractivity (Wildman–Crippen MR) is 69.9 cm³/mol. The Bertz CT molecular complexity index is 420. The molecule has 0 aliphatic carbocycles. The summed E-state index contributed by atoms with van der Waals surface area (Å²) < 4.78 is 5.62. The highest BCUT2D eigenvalue weighted by molar-refractivity contribution is 5.90. The Balaban J connectivity index is 1.79. The number of hydrogen-bond donors (Lipinski definition) is 2. The molecule has 1 aliphatic heterocycles. The number of aromatic amines is 1. The molecule has 19 heavy (non-hydrogen) atoms. The summed E-state index contributed by atoms with van der Waals surface area (Å²) in [5.41, 5.74) is 0. The molecule has 1 aromatic rings. The van der Waals surface area contributed by atoms with Crippen LogP contribution in [-0.2, 0) is 11.2 Å². The molecular weight excluding hydrogens is 246 g/mol. The van der Waals surface area contributed by atoms with Crippen LogP contribution in [0.5, 0.6) is 0 Å². The standard InChI is InChI=1S/C12H21N5O2/c1-3-10-14-11(16-15-10)12(18)13-7-9-8-17(4-2)5-6-19-9/h9H,3-8H2,1-2H3,(H,13,18)(H,14,15,16). The number of aromatic nitrogens is 3. The molecule has 7 nitrogen and oxygen atoms in total. The van der Waals surface area contributed by atoms with E-state index in [1.54, 1.807) is 0 Å². The maximum Gasteiger partial charge on any atom is 0.291 e. The monoisotopic (exact) mass is 267 g/mol. The van der Waals surface area contributed by atoms with Gasteiger partial charge in [-0.2, -0.15) is 0 Å². The van der Waals surface area contributed by atoms with Crippen LogP contribution in [0, 0.1) is 0 Å². The van der Waals surface area contributed by atoms with Crippen LogP contribution in [0.4, 0.5) is 0 Å². The summed E-state index contributed by atoms with van der Waals surface area (Å²) in [7, 11) is 0. The quantitative estimate of drug-likeness (QED) is 0.773. The Morgan fingerprint density at radius 2 is 2.42 bits per heavy atom. The zero-order valence-electron chi connectivity index (χ0n) is 11.5. The van der Waals surface area contributed by atoms with Crippen LogP contribution in [0.25, 0.3) is 0 Å². The lowest BCUT2D eigenvalue weighted by molar-refractivity contribution is -0.0246. The highest BCUT2D eigenvalue weighted by atomic mass is 16.5. The number of aryl methyl sites for hydroxylation is 1. The number of H-pyrrole nitrogens is 1. The molecule has 1 amide bonds. The zero-order chi connectivity index (χ0) is 13.7. The first kappa shape index (κ1) is 14.0. The van der Waals surface area contributed by atoms with E-state index in [1.807, 2.05) is 6.92 Å². The summed E-state index contributed by atoms with van der Waals surface area (Å²) in [6.45, 7) is 8.11. The molecule has 106 valence electrons. The van der Waals surface area contributed by atoms with Crippen molar-refractivity contribution in [2.75, 3.05) is 32.8 Å². The molecule has 0 radical (unpaired) electrons. The fourth-order valence-corrected chi connectivity index (χ4v) is 2.03. The summed E-state index contributed by atoms with van der Waals surface area (Å²) in [5, 5.41) is 9.43. The van der Waals surface area contributed by atoms with Gasteiger partial charge < -0.3 is 10.1 Å². The molecule has 0 saturated carbocycles. The lowest BCUT2D eigenvalue weighted by atomic mass is 10.2. The van der Waals surface area contributed by atoms with E-state index >= 15 is 0 Å². The van der Waals surface area contributed by atoms with Crippen molar-refractivity contribution in [2.24, 2.45) is 0 Å². The van der Waals surface area contributed by atoms with Crippen LogP contribution in [0.2, 0.25) is 0 Å². The van der Waals surface area contributed by atoms with Crippen LogP contribution in [0.1, 0.15) is 30.3 Å². The summed E-state index contributed by atoms with van der Waals surface area (Å²) in [6, 6.07) is 0. The zero-order valence-corrected chi connectivity index (χ0v) is 11.5. The van der Waals surface area contributed by atoms with E-state index in [0.29, 0.717) is 6.54 Å². The number of ether oxygens (including phenoxy) is 1. The number of hydrogen-bond acceptors (Lipinski definition) is 5. The van der Waals surface area contributed by atoms with Crippen LogP contribution in [0.3, 0.4) is 0 Å². The average molecular weight is 267 g/mol. The molecule has 1 unspecified atom stereocenters. The third kappa shape index (κ3) is 3.74. The van der Waals surface area contributed by atoms with Crippen molar-refractivity contribution in [1.29, 1.82) is 0 Å². The van der Waals surface area contributed by atoms with Crippen LogP contribution >= 0.6 is 0 Å². The first-order valence-electron chi connectivity index (χ1n) is 6.76. The Hall–Kier alpha value is -1.47. The first-order chi connectivity index (χ1) is 9.22. The molecule has 2 rings (SSSR count). The van der Waals surface area contributed by atoms with Gasteiger partial charge >= 0.3 is 0 Å². The highest BCUT2D eigenvalue weighted by Gasteiger charge is 2.20. The molecular formula is C12H21N5O2. The molecule has 1 aliphatic rings. The molecule has 2 heterocycles. The van der Waals surface area contributed by atoms with E-state index in [2.05, 4.69) is 32.3 Å². The van der Waals surface area contributed by atoms with Gasteiger partial charge in [0.15, 0.2) is 0 Å². The number of nitrogens with zero attached hydrogens (tertiary/aromatic N) is 3. The van der Waals surface area contributed by atoms with E-state index in [-0.39, 0.29) is 17.8 Å². The SMILES string of the molecule is CCc1nc(C(=O)NCC2CN(CC)CCO2)n[nH]1. The molecule has 1 aromatic heterocycles. The molecule has 1 saturated heterocycles. The summed E-state index contributed by atoms with van der Waals surface area (Å²) in [6.07, 6.45) is 0.777. The molecule has 7 heteroatoms. The minimum atomic E-state index is -0.256. The topological polar surface area (TPSA) is 83.1 Å².